The zero-order valence-corrected chi connectivity index (χ0v) is 11.5. The minimum atomic E-state index is -3.17. The molecule has 2 N–H and O–H groups in total. The van der Waals surface area contributed by atoms with Crippen LogP contribution in [0.3, 0.4) is 0 Å². The lowest BCUT2D eigenvalue weighted by Crippen LogP contribution is -2.26. The summed E-state index contributed by atoms with van der Waals surface area (Å²) in [5, 5.41) is 2.97. The molecular weight excluding hydrogens is 294 g/mol. The van der Waals surface area contributed by atoms with Gasteiger partial charge in [0.05, 0.1) is 10.2 Å². The summed E-state index contributed by atoms with van der Waals surface area (Å²) in [5.74, 6) is 0.678. The fourth-order valence-electron chi connectivity index (χ4n) is 1.07. The normalized spacial score (nSPS) is 11.4. The Morgan fingerprint density at radius 1 is 1.50 bits per heavy atom. The van der Waals surface area contributed by atoms with Crippen molar-refractivity contribution >= 4 is 31.8 Å². The lowest BCUT2D eigenvalue weighted by molar-refractivity contribution is 0.588. The Kier molecular flexibility index (Phi) is 4.69. The summed E-state index contributed by atoms with van der Waals surface area (Å²) in [7, 11) is -1.77. The molecule has 0 atom stereocenters. The fourth-order valence-corrected chi connectivity index (χ4v) is 2.02. The summed E-state index contributed by atoms with van der Waals surface area (Å²) in [5.41, 5.74) is 1.05. The standard InChI is InChI=1S/C9H14BrN3O2S/c1-7-3-4-12-9(8(7)10)13-5-6-16(14,15)11-2/h3-4,11H,5-6H2,1-2H3,(H,12,13). The summed E-state index contributed by atoms with van der Waals surface area (Å²) in [6.45, 7) is 2.26. The number of hydrogen-bond acceptors (Lipinski definition) is 4. The molecule has 0 aliphatic heterocycles. The molecule has 0 spiro atoms. The van der Waals surface area contributed by atoms with Crippen LogP contribution in [0.1, 0.15) is 5.56 Å². The molecule has 0 unspecified atom stereocenters. The highest BCUT2D eigenvalue weighted by atomic mass is 79.9. The second kappa shape index (κ2) is 5.60. The fraction of sp³-hybridized carbons (Fsp3) is 0.444. The Balaban J connectivity index is 2.59. The van der Waals surface area contributed by atoms with Gasteiger partial charge in [-0.25, -0.2) is 18.1 Å². The molecule has 16 heavy (non-hydrogen) atoms. The van der Waals surface area contributed by atoms with E-state index in [1.165, 1.54) is 7.05 Å². The van der Waals surface area contributed by atoms with Gasteiger partial charge in [-0.05, 0) is 41.5 Å². The van der Waals surface area contributed by atoms with Crippen LogP contribution in [0.25, 0.3) is 0 Å². The maximum atomic E-state index is 11.2. The maximum absolute atomic E-state index is 11.2. The van der Waals surface area contributed by atoms with E-state index in [0.29, 0.717) is 12.4 Å². The van der Waals surface area contributed by atoms with E-state index in [1.807, 2.05) is 13.0 Å². The molecular formula is C9H14BrN3O2S. The van der Waals surface area contributed by atoms with Gasteiger partial charge in [-0.1, -0.05) is 0 Å². The van der Waals surface area contributed by atoms with Gasteiger partial charge in [0.15, 0.2) is 0 Å². The molecule has 7 heteroatoms. The molecule has 0 aliphatic carbocycles. The number of sulfonamides is 1. The van der Waals surface area contributed by atoms with Crippen molar-refractivity contribution in [3.05, 3.63) is 22.3 Å². The third-order valence-electron chi connectivity index (χ3n) is 2.06. The first kappa shape index (κ1) is 13.4. The molecule has 90 valence electrons. The Hall–Kier alpha value is -0.660. The van der Waals surface area contributed by atoms with E-state index >= 15 is 0 Å². The SMILES string of the molecule is CNS(=O)(=O)CCNc1nccc(C)c1Br. The highest BCUT2D eigenvalue weighted by Gasteiger charge is 2.08. The van der Waals surface area contributed by atoms with Crippen LogP contribution >= 0.6 is 15.9 Å². The Bertz CT molecular complexity index is 462. The number of rotatable bonds is 5. The second-order valence-electron chi connectivity index (χ2n) is 3.24. The van der Waals surface area contributed by atoms with E-state index in [1.54, 1.807) is 6.20 Å². The maximum Gasteiger partial charge on any atom is 0.213 e. The Morgan fingerprint density at radius 3 is 2.81 bits per heavy atom. The molecule has 0 fully saturated rings. The van der Waals surface area contributed by atoms with Crippen LogP contribution in [-0.4, -0.2) is 32.7 Å². The molecule has 0 amide bonds. The first-order valence-electron chi connectivity index (χ1n) is 4.72. The lowest BCUT2D eigenvalue weighted by atomic mass is 10.3. The van der Waals surface area contributed by atoms with Crippen LogP contribution < -0.4 is 10.0 Å². The Morgan fingerprint density at radius 2 is 2.19 bits per heavy atom. The van der Waals surface area contributed by atoms with E-state index < -0.39 is 10.0 Å². The average molecular weight is 308 g/mol. The zero-order chi connectivity index (χ0) is 12.2. The van der Waals surface area contributed by atoms with Crippen molar-refractivity contribution in [3.8, 4) is 0 Å². The minimum absolute atomic E-state index is 0.0194. The van der Waals surface area contributed by atoms with Gasteiger partial charge < -0.3 is 5.32 Å². The van der Waals surface area contributed by atoms with Crippen LogP contribution in [-0.2, 0) is 10.0 Å². The predicted octanol–water partition coefficient (Wildman–Crippen LogP) is 1.11. The molecule has 0 saturated heterocycles. The number of nitrogens with one attached hydrogen (secondary N) is 2. The summed E-state index contributed by atoms with van der Waals surface area (Å²) in [4.78, 5) is 4.11. The average Bonchev–Trinajstić information content (AvgIpc) is 2.24. The molecule has 1 aromatic heterocycles. The highest BCUT2D eigenvalue weighted by Crippen LogP contribution is 2.22. The summed E-state index contributed by atoms with van der Waals surface area (Å²) in [6, 6.07) is 1.87. The topological polar surface area (TPSA) is 71.1 Å². The van der Waals surface area contributed by atoms with E-state index in [-0.39, 0.29) is 5.75 Å². The van der Waals surface area contributed by atoms with Crippen LogP contribution in [0.2, 0.25) is 0 Å². The summed E-state index contributed by atoms with van der Waals surface area (Å²) in [6.07, 6.45) is 1.68. The molecule has 1 heterocycles. The number of halogens is 1. The third kappa shape index (κ3) is 3.73. The molecule has 0 aliphatic rings. The number of pyridine rings is 1. The number of nitrogens with zero attached hydrogens (tertiary/aromatic N) is 1. The summed E-state index contributed by atoms with van der Waals surface area (Å²) < 4.78 is 25.4. The first-order chi connectivity index (χ1) is 7.46. The molecule has 0 bridgehead atoms. The van der Waals surface area contributed by atoms with Crippen molar-refractivity contribution in [2.45, 2.75) is 6.92 Å². The minimum Gasteiger partial charge on any atom is -0.368 e. The van der Waals surface area contributed by atoms with Crippen LogP contribution in [0.15, 0.2) is 16.7 Å². The second-order valence-corrected chi connectivity index (χ2v) is 6.08. The van der Waals surface area contributed by atoms with Gasteiger partial charge in [0.25, 0.3) is 0 Å². The van der Waals surface area contributed by atoms with Gasteiger partial charge in [0.1, 0.15) is 5.82 Å². The molecule has 5 nitrogen and oxygen atoms in total. The molecule has 1 rings (SSSR count). The molecule has 0 saturated carbocycles. The van der Waals surface area contributed by atoms with E-state index in [9.17, 15) is 8.42 Å². The summed E-state index contributed by atoms with van der Waals surface area (Å²) >= 11 is 3.39. The zero-order valence-electron chi connectivity index (χ0n) is 9.12. The van der Waals surface area contributed by atoms with Gasteiger partial charge in [-0.2, -0.15) is 0 Å². The monoisotopic (exact) mass is 307 g/mol. The number of aryl methyl sites for hydroxylation is 1. The number of aromatic nitrogens is 1. The van der Waals surface area contributed by atoms with Crippen LogP contribution in [0.4, 0.5) is 5.82 Å². The number of anilines is 1. The van der Waals surface area contributed by atoms with E-state index in [2.05, 4.69) is 31.0 Å². The van der Waals surface area contributed by atoms with Gasteiger partial charge >= 0.3 is 0 Å². The highest BCUT2D eigenvalue weighted by molar-refractivity contribution is 9.10. The number of hydrogen-bond donors (Lipinski definition) is 2. The van der Waals surface area contributed by atoms with Crippen molar-refractivity contribution in [1.82, 2.24) is 9.71 Å². The van der Waals surface area contributed by atoms with Gasteiger partial charge in [0.2, 0.25) is 10.0 Å². The molecule has 0 radical (unpaired) electrons. The molecule has 1 aromatic rings. The van der Waals surface area contributed by atoms with Crippen molar-refractivity contribution in [1.29, 1.82) is 0 Å². The van der Waals surface area contributed by atoms with Gasteiger partial charge in [-0.3, -0.25) is 0 Å². The van der Waals surface area contributed by atoms with Crippen molar-refractivity contribution in [2.24, 2.45) is 0 Å². The third-order valence-corrected chi connectivity index (χ3v) is 4.42. The van der Waals surface area contributed by atoms with Gasteiger partial charge in [-0.15, -0.1) is 0 Å². The van der Waals surface area contributed by atoms with E-state index in [0.717, 1.165) is 10.0 Å². The molecule has 0 aromatic carbocycles. The van der Waals surface area contributed by atoms with Gasteiger partial charge in [0, 0.05) is 12.7 Å². The van der Waals surface area contributed by atoms with E-state index in [4.69, 9.17) is 0 Å². The quantitative estimate of drug-likeness (QED) is 0.855. The predicted molar refractivity (Wildman–Crippen MR) is 68.0 cm³/mol. The van der Waals surface area contributed by atoms with Crippen LogP contribution in [0.5, 0.6) is 0 Å². The van der Waals surface area contributed by atoms with Crippen molar-refractivity contribution in [3.63, 3.8) is 0 Å². The largest absolute Gasteiger partial charge is 0.368 e. The van der Waals surface area contributed by atoms with Crippen molar-refractivity contribution < 1.29 is 8.42 Å². The van der Waals surface area contributed by atoms with Crippen molar-refractivity contribution in [2.75, 3.05) is 24.7 Å². The lowest BCUT2D eigenvalue weighted by Gasteiger charge is -2.08. The van der Waals surface area contributed by atoms with Crippen LogP contribution in [0, 0.1) is 6.92 Å². The first-order valence-corrected chi connectivity index (χ1v) is 7.17. The Labute approximate surface area is 104 Å². The smallest absolute Gasteiger partial charge is 0.213 e.